The minimum Gasteiger partial charge on any atom is -0.368 e. The minimum absolute atomic E-state index is 0.611. The zero-order valence-corrected chi connectivity index (χ0v) is 4.10. The van der Waals surface area contributed by atoms with E-state index in [1.807, 2.05) is 0 Å². The fraction of sp³-hybridized carbons (Fsp3) is 0.250. The lowest BCUT2D eigenvalue weighted by atomic mass is 10.5. The van der Waals surface area contributed by atoms with Crippen LogP contribution in [0.25, 0.3) is 0 Å². The van der Waals surface area contributed by atoms with Gasteiger partial charge in [0, 0.05) is 6.20 Å². The summed E-state index contributed by atoms with van der Waals surface area (Å²) in [5.41, 5.74) is 0. The molecule has 1 heterocycles. The van der Waals surface area contributed by atoms with Gasteiger partial charge in [-0.3, -0.25) is 5.21 Å². The van der Waals surface area contributed by atoms with Crippen LogP contribution in [0, 0.1) is 0 Å². The molecule has 4 heteroatoms. The molecule has 0 fully saturated rings. The van der Waals surface area contributed by atoms with Gasteiger partial charge in [0.05, 0.1) is 0 Å². The van der Waals surface area contributed by atoms with E-state index in [-0.39, 0.29) is 0 Å². The van der Waals surface area contributed by atoms with Crippen molar-refractivity contribution in [2.24, 2.45) is 4.99 Å². The van der Waals surface area contributed by atoms with Gasteiger partial charge in [-0.15, -0.1) is 0 Å². The molecule has 1 atom stereocenters. The van der Waals surface area contributed by atoms with Gasteiger partial charge in [-0.2, -0.15) is 0 Å². The quantitative estimate of drug-likeness (QED) is 0.448. The van der Waals surface area contributed by atoms with Crippen LogP contribution in [-0.4, -0.2) is 27.9 Å². The second kappa shape index (κ2) is 1.94. The number of aliphatic hydroxyl groups excluding tert-OH is 1. The van der Waals surface area contributed by atoms with E-state index < -0.39 is 6.23 Å². The molecule has 0 bridgehead atoms. The van der Waals surface area contributed by atoms with Gasteiger partial charge in [-0.05, 0) is 6.08 Å². The number of rotatable bonds is 0. The molecule has 0 aromatic rings. The monoisotopic (exact) mass is 114 g/mol. The highest BCUT2D eigenvalue weighted by molar-refractivity contribution is 5.55. The Bertz CT molecular complexity index is 116. The SMILES string of the molecule is OC1C=CN=CN1O. The molecule has 0 aromatic heterocycles. The summed E-state index contributed by atoms with van der Waals surface area (Å²) in [4.78, 5) is 3.52. The van der Waals surface area contributed by atoms with Gasteiger partial charge in [0.15, 0.2) is 6.23 Å². The van der Waals surface area contributed by atoms with E-state index in [4.69, 9.17) is 10.3 Å². The van der Waals surface area contributed by atoms with Crippen molar-refractivity contribution in [3.63, 3.8) is 0 Å². The zero-order chi connectivity index (χ0) is 5.98. The highest BCUT2D eigenvalue weighted by Crippen LogP contribution is 1.95. The molecule has 1 aliphatic rings. The van der Waals surface area contributed by atoms with Crippen molar-refractivity contribution in [3.05, 3.63) is 12.3 Å². The zero-order valence-electron chi connectivity index (χ0n) is 4.10. The maximum absolute atomic E-state index is 8.68. The Balaban J connectivity index is 2.59. The first kappa shape index (κ1) is 5.27. The molecule has 44 valence electrons. The third-order valence-corrected chi connectivity index (χ3v) is 0.800. The Morgan fingerprint density at radius 2 is 2.38 bits per heavy atom. The molecule has 0 spiro atoms. The maximum atomic E-state index is 8.68. The van der Waals surface area contributed by atoms with E-state index in [1.165, 1.54) is 12.3 Å². The molecule has 1 unspecified atom stereocenters. The predicted molar refractivity (Wildman–Crippen MR) is 27.3 cm³/mol. The Morgan fingerprint density at radius 3 is 2.75 bits per heavy atom. The normalized spacial score (nSPS) is 26.8. The lowest BCUT2D eigenvalue weighted by Gasteiger charge is -2.16. The van der Waals surface area contributed by atoms with Gasteiger partial charge in [-0.25, -0.2) is 10.1 Å². The van der Waals surface area contributed by atoms with Crippen LogP contribution in [0.2, 0.25) is 0 Å². The smallest absolute Gasteiger partial charge is 0.173 e. The largest absolute Gasteiger partial charge is 0.368 e. The van der Waals surface area contributed by atoms with Crippen LogP contribution in [0.4, 0.5) is 0 Å². The van der Waals surface area contributed by atoms with E-state index in [1.54, 1.807) is 0 Å². The highest BCUT2D eigenvalue weighted by atomic mass is 16.5. The van der Waals surface area contributed by atoms with E-state index in [0.717, 1.165) is 6.34 Å². The summed E-state index contributed by atoms with van der Waals surface area (Å²) in [5.74, 6) is 0. The van der Waals surface area contributed by atoms with Crippen molar-refractivity contribution < 1.29 is 10.3 Å². The van der Waals surface area contributed by atoms with Crippen molar-refractivity contribution in [2.45, 2.75) is 6.23 Å². The van der Waals surface area contributed by atoms with Gasteiger partial charge in [0.25, 0.3) is 0 Å². The molecule has 0 saturated heterocycles. The van der Waals surface area contributed by atoms with E-state index in [2.05, 4.69) is 4.99 Å². The van der Waals surface area contributed by atoms with Gasteiger partial charge >= 0.3 is 0 Å². The standard InChI is InChI=1S/C4H6N2O2/c7-4-1-2-5-3-6(4)8/h1-4,7-8H. The summed E-state index contributed by atoms with van der Waals surface area (Å²) in [7, 11) is 0. The molecule has 4 nitrogen and oxygen atoms in total. The molecule has 0 aliphatic carbocycles. The van der Waals surface area contributed by atoms with Crippen molar-refractivity contribution in [1.82, 2.24) is 5.06 Å². The van der Waals surface area contributed by atoms with Crippen molar-refractivity contribution in [3.8, 4) is 0 Å². The molecule has 2 N–H and O–H groups in total. The van der Waals surface area contributed by atoms with E-state index in [9.17, 15) is 0 Å². The Hall–Kier alpha value is -0.870. The van der Waals surface area contributed by atoms with Crippen molar-refractivity contribution in [2.75, 3.05) is 0 Å². The molecule has 0 amide bonds. The van der Waals surface area contributed by atoms with Crippen LogP contribution < -0.4 is 0 Å². The fourth-order valence-corrected chi connectivity index (χ4v) is 0.390. The average Bonchev–Trinajstić information content (AvgIpc) is 1.77. The number of hydrogen-bond donors (Lipinski definition) is 2. The van der Waals surface area contributed by atoms with Gasteiger partial charge in [0.2, 0.25) is 0 Å². The first-order valence-corrected chi connectivity index (χ1v) is 2.16. The van der Waals surface area contributed by atoms with Crippen LogP contribution in [-0.2, 0) is 0 Å². The molecule has 0 saturated carbocycles. The Morgan fingerprint density at radius 1 is 1.62 bits per heavy atom. The van der Waals surface area contributed by atoms with Crippen LogP contribution in [0.15, 0.2) is 17.3 Å². The summed E-state index contributed by atoms with van der Waals surface area (Å²) in [6.45, 7) is 0. The molecular formula is C4H6N2O2. The topological polar surface area (TPSA) is 56.1 Å². The minimum atomic E-state index is -0.938. The molecule has 1 rings (SSSR count). The van der Waals surface area contributed by atoms with Crippen molar-refractivity contribution in [1.29, 1.82) is 0 Å². The number of aliphatic imine (C=N–C) groups is 1. The second-order valence-electron chi connectivity index (χ2n) is 1.40. The van der Waals surface area contributed by atoms with E-state index in [0.29, 0.717) is 5.06 Å². The summed E-state index contributed by atoms with van der Waals surface area (Å²) >= 11 is 0. The van der Waals surface area contributed by atoms with Crippen LogP contribution in [0.3, 0.4) is 0 Å². The summed E-state index contributed by atoms with van der Waals surface area (Å²) in [6.07, 6.45) is 2.97. The third-order valence-electron chi connectivity index (χ3n) is 0.800. The number of hydroxylamine groups is 2. The Kier molecular flexibility index (Phi) is 1.27. The van der Waals surface area contributed by atoms with Crippen LogP contribution >= 0.6 is 0 Å². The maximum Gasteiger partial charge on any atom is 0.173 e. The lowest BCUT2D eigenvalue weighted by Crippen LogP contribution is -2.30. The second-order valence-corrected chi connectivity index (χ2v) is 1.40. The lowest BCUT2D eigenvalue weighted by molar-refractivity contribution is -0.111. The summed E-state index contributed by atoms with van der Waals surface area (Å²) < 4.78 is 0. The first-order valence-electron chi connectivity index (χ1n) is 2.16. The van der Waals surface area contributed by atoms with E-state index >= 15 is 0 Å². The summed E-state index contributed by atoms with van der Waals surface area (Å²) in [6, 6.07) is 0. The van der Waals surface area contributed by atoms with Gasteiger partial charge in [-0.1, -0.05) is 0 Å². The average molecular weight is 114 g/mol. The fourth-order valence-electron chi connectivity index (χ4n) is 0.390. The molecule has 0 radical (unpaired) electrons. The third kappa shape index (κ3) is 0.853. The van der Waals surface area contributed by atoms with Crippen molar-refractivity contribution >= 4 is 6.34 Å². The first-order chi connectivity index (χ1) is 3.80. The highest BCUT2D eigenvalue weighted by Gasteiger charge is 2.06. The molecule has 0 aromatic carbocycles. The number of aliphatic hydroxyl groups is 1. The van der Waals surface area contributed by atoms with Crippen LogP contribution in [0.5, 0.6) is 0 Å². The molecule has 8 heavy (non-hydrogen) atoms. The van der Waals surface area contributed by atoms with Gasteiger partial charge in [0.1, 0.15) is 6.34 Å². The number of nitrogens with zero attached hydrogens (tertiary/aromatic N) is 2. The molecule has 1 aliphatic heterocycles. The number of hydrogen-bond acceptors (Lipinski definition) is 4. The molecular weight excluding hydrogens is 108 g/mol. The Labute approximate surface area is 46.3 Å². The predicted octanol–water partition coefficient (Wildman–Crippen LogP) is -0.448. The summed E-state index contributed by atoms with van der Waals surface area (Å²) in [5, 5.41) is 17.8. The van der Waals surface area contributed by atoms with Gasteiger partial charge < -0.3 is 5.11 Å². The van der Waals surface area contributed by atoms with Crippen LogP contribution in [0.1, 0.15) is 0 Å².